The molecule has 0 radical (unpaired) electrons. The Morgan fingerprint density at radius 2 is 1.98 bits per heavy atom. The second-order valence-electron chi connectivity index (χ2n) is 9.97. The third-order valence-electron chi connectivity index (χ3n) is 6.59. The summed E-state index contributed by atoms with van der Waals surface area (Å²) in [6.45, 7) is 0.179. The zero-order valence-corrected chi connectivity index (χ0v) is 22.5. The number of sulfone groups is 1. The van der Waals surface area contributed by atoms with Gasteiger partial charge in [0, 0.05) is 50.8 Å². The topological polar surface area (TPSA) is 139 Å². The summed E-state index contributed by atoms with van der Waals surface area (Å²) >= 11 is 0. The Labute approximate surface area is 231 Å². The fraction of sp³-hybridized carbons (Fsp3) is 0.320. The number of carbonyl (C=O) groups is 2. The average molecular weight is 594 g/mol. The molecule has 11 nitrogen and oxygen atoms in total. The van der Waals surface area contributed by atoms with Crippen LogP contribution in [0.4, 0.5) is 29.1 Å². The van der Waals surface area contributed by atoms with Crippen molar-refractivity contribution < 1.29 is 35.6 Å². The van der Waals surface area contributed by atoms with Crippen molar-refractivity contribution in [2.45, 2.75) is 18.1 Å². The quantitative estimate of drug-likeness (QED) is 0.329. The van der Waals surface area contributed by atoms with Crippen LogP contribution in [0.1, 0.15) is 27.2 Å². The second-order valence-corrected chi connectivity index (χ2v) is 12.1. The molecule has 1 fully saturated rings. The lowest BCUT2D eigenvalue weighted by atomic mass is 9.80. The molecule has 2 aromatic heterocycles. The second kappa shape index (κ2) is 9.94. The van der Waals surface area contributed by atoms with Gasteiger partial charge in [0.2, 0.25) is 5.91 Å². The van der Waals surface area contributed by atoms with E-state index < -0.39 is 50.5 Å². The van der Waals surface area contributed by atoms with E-state index in [4.69, 9.17) is 0 Å². The smallest absolute Gasteiger partial charge is 0.364 e. The molecule has 2 aliphatic rings. The fourth-order valence-corrected chi connectivity index (χ4v) is 5.46. The van der Waals surface area contributed by atoms with Gasteiger partial charge in [0.05, 0.1) is 22.5 Å². The van der Waals surface area contributed by atoms with Gasteiger partial charge in [-0.15, -0.1) is 0 Å². The summed E-state index contributed by atoms with van der Waals surface area (Å²) in [6.07, 6.45) is -0.578. The average Bonchev–Trinajstić information content (AvgIpc) is 3.19. The lowest BCUT2D eigenvalue weighted by molar-refractivity contribution is -0.137. The molecule has 16 heteroatoms. The number of hydrogen-bond donors (Lipinski definition) is 2. The van der Waals surface area contributed by atoms with Crippen molar-refractivity contribution in [1.29, 1.82) is 0 Å². The Bertz CT molecular complexity index is 1680. The largest absolute Gasteiger partial charge is 0.416 e. The lowest BCUT2D eigenvalue weighted by Gasteiger charge is -2.52. The first kappa shape index (κ1) is 28.2. The molecule has 0 bridgehead atoms. The van der Waals surface area contributed by atoms with Gasteiger partial charge < -0.3 is 15.5 Å². The molecular formula is C25H23F4N7O4S. The highest BCUT2D eigenvalue weighted by Crippen LogP contribution is 2.39. The van der Waals surface area contributed by atoms with Gasteiger partial charge in [0.25, 0.3) is 5.91 Å². The van der Waals surface area contributed by atoms with E-state index in [1.807, 2.05) is 0 Å². The number of carbonyl (C=O) groups excluding carboxylic acids is 2. The molecule has 41 heavy (non-hydrogen) atoms. The fourth-order valence-electron chi connectivity index (χ4n) is 4.91. The van der Waals surface area contributed by atoms with Gasteiger partial charge >= 0.3 is 6.18 Å². The molecule has 1 saturated heterocycles. The number of alkyl halides is 3. The number of nitrogens with zero attached hydrogens (tertiary/aromatic N) is 5. The highest BCUT2D eigenvalue weighted by atomic mass is 32.2. The Balaban J connectivity index is 1.45. The third-order valence-corrected chi connectivity index (χ3v) is 7.38. The summed E-state index contributed by atoms with van der Waals surface area (Å²) in [6, 6.07) is 5.52. The van der Waals surface area contributed by atoms with Crippen molar-refractivity contribution in [2.24, 2.45) is 4.99 Å². The number of benzene rings is 1. The Kier molecular flexibility index (Phi) is 6.83. The molecular weight excluding hydrogens is 570 g/mol. The number of aromatic nitrogens is 3. The number of anilines is 2. The zero-order chi connectivity index (χ0) is 29.7. The molecule has 2 amide bonds. The molecule has 5 rings (SSSR count). The van der Waals surface area contributed by atoms with E-state index in [2.05, 4.69) is 25.7 Å². The van der Waals surface area contributed by atoms with Gasteiger partial charge in [-0.1, -0.05) is 0 Å². The standard InChI is InChI=1S/C25H23F4N7O4S/c1-30-9-14-3-6-19(31-10-14)36-22(32-20(37)11-41(2,39)40)21-17(34-36)8-24(33-23(21)38)12-35(13-24)18-5-4-15(7-16(18)26)25(27,28)29/h3-7,9-10H,8,11-13H2,1-2H3,(H,32,37)(H,33,38). The van der Waals surface area contributed by atoms with Gasteiger partial charge in [-0.2, -0.15) is 23.0 Å². The molecule has 2 aliphatic heterocycles. The summed E-state index contributed by atoms with van der Waals surface area (Å²) < 4.78 is 77.9. The molecule has 2 N–H and O–H groups in total. The number of pyridine rings is 1. The maximum atomic E-state index is 14.5. The van der Waals surface area contributed by atoms with Crippen LogP contribution in [0.5, 0.6) is 0 Å². The van der Waals surface area contributed by atoms with Gasteiger partial charge in [0.15, 0.2) is 21.5 Å². The van der Waals surface area contributed by atoms with Crippen molar-refractivity contribution >= 4 is 39.4 Å². The normalized spacial score (nSPS) is 16.4. The van der Waals surface area contributed by atoms with E-state index in [0.29, 0.717) is 11.6 Å². The highest BCUT2D eigenvalue weighted by molar-refractivity contribution is 7.91. The number of rotatable bonds is 6. The first-order chi connectivity index (χ1) is 19.2. The first-order valence-electron chi connectivity index (χ1n) is 12.1. The van der Waals surface area contributed by atoms with Crippen molar-refractivity contribution in [1.82, 2.24) is 20.1 Å². The zero-order valence-electron chi connectivity index (χ0n) is 21.7. The van der Waals surface area contributed by atoms with E-state index in [1.54, 1.807) is 25.4 Å². The molecule has 4 heterocycles. The van der Waals surface area contributed by atoms with Gasteiger partial charge in [-0.25, -0.2) is 17.8 Å². The van der Waals surface area contributed by atoms with Crippen LogP contribution in [0.2, 0.25) is 0 Å². The molecule has 0 atom stereocenters. The van der Waals surface area contributed by atoms with E-state index in [-0.39, 0.29) is 48.1 Å². The number of nitrogens with one attached hydrogen (secondary N) is 2. The van der Waals surface area contributed by atoms with Crippen LogP contribution >= 0.6 is 0 Å². The number of halogens is 4. The Morgan fingerprint density at radius 3 is 2.56 bits per heavy atom. The van der Waals surface area contributed by atoms with Crippen LogP contribution in [0, 0.1) is 5.82 Å². The summed E-state index contributed by atoms with van der Waals surface area (Å²) in [5.74, 6) is -3.21. The number of hydrogen-bond acceptors (Lipinski definition) is 8. The monoisotopic (exact) mass is 593 g/mol. The first-order valence-corrected chi connectivity index (χ1v) is 14.2. The predicted octanol–water partition coefficient (Wildman–Crippen LogP) is 2.00. The van der Waals surface area contributed by atoms with Crippen molar-refractivity contribution in [3.05, 3.63) is 64.7 Å². The van der Waals surface area contributed by atoms with Crippen LogP contribution in [-0.4, -0.2) is 78.9 Å². The lowest BCUT2D eigenvalue weighted by Crippen LogP contribution is -2.73. The molecule has 0 saturated carbocycles. The van der Waals surface area contributed by atoms with E-state index >= 15 is 0 Å². The minimum atomic E-state index is -4.69. The molecule has 216 valence electrons. The SMILES string of the molecule is CN=Cc1ccc(-n2nc3c(c2NC(=O)CS(C)(=O)=O)C(=O)NC2(C3)CN(c3ccc(C(F)(F)F)cc3F)C2)nc1. The highest BCUT2D eigenvalue weighted by Gasteiger charge is 2.50. The molecule has 0 unspecified atom stereocenters. The molecule has 1 aromatic carbocycles. The van der Waals surface area contributed by atoms with Crippen LogP contribution in [0.15, 0.2) is 41.5 Å². The van der Waals surface area contributed by atoms with Crippen molar-refractivity contribution in [3.8, 4) is 5.82 Å². The van der Waals surface area contributed by atoms with E-state index in [0.717, 1.165) is 18.4 Å². The molecule has 3 aromatic rings. The van der Waals surface area contributed by atoms with Crippen LogP contribution < -0.4 is 15.5 Å². The maximum Gasteiger partial charge on any atom is 0.416 e. The number of amides is 2. The van der Waals surface area contributed by atoms with Crippen molar-refractivity contribution in [3.63, 3.8) is 0 Å². The summed E-state index contributed by atoms with van der Waals surface area (Å²) in [4.78, 5) is 35.6. The summed E-state index contributed by atoms with van der Waals surface area (Å²) in [5.41, 5.74) is -1.08. The maximum absolute atomic E-state index is 14.5. The number of fused-ring (bicyclic) bond motifs is 1. The van der Waals surface area contributed by atoms with Crippen LogP contribution in [0.3, 0.4) is 0 Å². The Hall–Kier alpha value is -4.34. The summed E-state index contributed by atoms with van der Waals surface area (Å²) in [7, 11) is -2.09. The van der Waals surface area contributed by atoms with Crippen LogP contribution in [0.25, 0.3) is 5.82 Å². The van der Waals surface area contributed by atoms with Gasteiger partial charge in [0.1, 0.15) is 17.1 Å². The minimum Gasteiger partial charge on any atom is -0.364 e. The number of aliphatic imine (C=N–C) groups is 1. The van der Waals surface area contributed by atoms with E-state index in [9.17, 15) is 35.6 Å². The van der Waals surface area contributed by atoms with E-state index in [1.165, 1.54) is 15.8 Å². The predicted molar refractivity (Wildman–Crippen MR) is 141 cm³/mol. The Morgan fingerprint density at radius 1 is 1.24 bits per heavy atom. The molecule has 1 spiro atoms. The van der Waals surface area contributed by atoms with Crippen LogP contribution in [-0.2, 0) is 27.2 Å². The van der Waals surface area contributed by atoms with Gasteiger partial charge in [-0.05, 0) is 30.3 Å². The third kappa shape index (κ3) is 5.64. The molecule has 0 aliphatic carbocycles. The van der Waals surface area contributed by atoms with Gasteiger partial charge in [-0.3, -0.25) is 14.6 Å². The summed E-state index contributed by atoms with van der Waals surface area (Å²) in [5, 5.41) is 9.82. The minimum absolute atomic E-state index is 0.0117. The van der Waals surface area contributed by atoms with Crippen molar-refractivity contribution in [2.75, 3.05) is 42.4 Å².